The molecule has 0 saturated carbocycles. The summed E-state index contributed by atoms with van der Waals surface area (Å²) in [6.07, 6.45) is 0. The molecule has 1 atom stereocenters. The quantitative estimate of drug-likeness (QED) is 0.811. The minimum atomic E-state index is -0.927. The fraction of sp³-hybridized carbons (Fsp3) is 0.529. The summed E-state index contributed by atoms with van der Waals surface area (Å²) in [5.41, 5.74) is 3.45. The molecule has 0 fully saturated rings. The van der Waals surface area contributed by atoms with Crippen LogP contribution in [-0.4, -0.2) is 41.0 Å². The number of carboxylic acids is 1. The summed E-state index contributed by atoms with van der Waals surface area (Å²) < 4.78 is 0. The average Bonchev–Trinajstić information content (AvgIpc) is 2.40. The first-order chi connectivity index (χ1) is 10.2. The summed E-state index contributed by atoms with van der Waals surface area (Å²) in [7, 11) is 0. The largest absolute Gasteiger partial charge is 0.480 e. The van der Waals surface area contributed by atoms with E-state index in [1.54, 1.807) is 4.90 Å². The number of hydrogen-bond acceptors (Lipinski definition) is 3. The second kappa shape index (κ2) is 7.94. The molecule has 0 heterocycles. The molecule has 0 aliphatic heterocycles. The van der Waals surface area contributed by atoms with E-state index in [0.717, 1.165) is 5.56 Å². The number of hydrogen-bond donors (Lipinski definition) is 2. The van der Waals surface area contributed by atoms with Gasteiger partial charge >= 0.3 is 5.97 Å². The molecule has 0 aliphatic carbocycles. The van der Waals surface area contributed by atoms with E-state index in [-0.39, 0.29) is 31.1 Å². The van der Waals surface area contributed by atoms with Gasteiger partial charge in [-0.15, -0.1) is 0 Å². The minimum Gasteiger partial charge on any atom is -0.480 e. The molecule has 122 valence electrons. The zero-order chi connectivity index (χ0) is 16.9. The van der Waals surface area contributed by atoms with Gasteiger partial charge in [-0.2, -0.15) is 0 Å². The van der Waals surface area contributed by atoms with Crippen LogP contribution in [0, 0.1) is 13.8 Å². The van der Waals surface area contributed by atoms with Crippen LogP contribution in [0.25, 0.3) is 0 Å². The Morgan fingerprint density at radius 3 is 2.27 bits per heavy atom. The zero-order valence-corrected chi connectivity index (χ0v) is 14.0. The molecule has 0 aliphatic rings. The predicted molar refractivity (Wildman–Crippen MR) is 86.8 cm³/mol. The fourth-order valence-electron chi connectivity index (χ4n) is 2.18. The van der Waals surface area contributed by atoms with E-state index in [1.807, 2.05) is 39.8 Å². The number of carboxylic acid groups (broad SMARTS) is 1. The van der Waals surface area contributed by atoms with E-state index in [2.05, 4.69) is 18.3 Å². The Bertz CT molecular complexity index is 541. The lowest BCUT2D eigenvalue weighted by molar-refractivity contribution is -0.139. The topological polar surface area (TPSA) is 69.6 Å². The van der Waals surface area contributed by atoms with Crippen molar-refractivity contribution in [1.29, 1.82) is 0 Å². The van der Waals surface area contributed by atoms with Gasteiger partial charge in [-0.05, 0) is 51.3 Å². The van der Waals surface area contributed by atoms with E-state index in [9.17, 15) is 9.59 Å². The molecule has 1 unspecified atom stereocenters. The Morgan fingerprint density at radius 1 is 1.14 bits per heavy atom. The predicted octanol–water partition coefficient (Wildman–Crippen LogP) is 2.28. The van der Waals surface area contributed by atoms with Crippen LogP contribution in [0.3, 0.4) is 0 Å². The molecular formula is C17H26N2O3. The van der Waals surface area contributed by atoms with E-state index >= 15 is 0 Å². The Kier molecular flexibility index (Phi) is 6.56. The third-order valence-electron chi connectivity index (χ3n) is 3.82. The monoisotopic (exact) mass is 306 g/mol. The van der Waals surface area contributed by atoms with E-state index in [1.165, 1.54) is 11.1 Å². The first-order valence-electron chi connectivity index (χ1n) is 7.53. The van der Waals surface area contributed by atoms with Crippen LogP contribution < -0.4 is 5.32 Å². The Labute approximate surface area is 132 Å². The maximum atomic E-state index is 12.1. The van der Waals surface area contributed by atoms with Gasteiger partial charge in [0.05, 0.1) is 19.1 Å². The second-order valence-corrected chi connectivity index (χ2v) is 6.03. The molecule has 1 aromatic rings. The van der Waals surface area contributed by atoms with Crippen LogP contribution in [0.4, 0.5) is 0 Å². The van der Waals surface area contributed by atoms with Crippen molar-refractivity contribution in [3.05, 3.63) is 34.9 Å². The summed E-state index contributed by atoms with van der Waals surface area (Å²) >= 11 is 0. The number of amides is 1. The van der Waals surface area contributed by atoms with Crippen LogP contribution in [0.1, 0.15) is 43.5 Å². The maximum Gasteiger partial charge on any atom is 0.317 e. The van der Waals surface area contributed by atoms with Gasteiger partial charge in [0, 0.05) is 6.04 Å². The van der Waals surface area contributed by atoms with Crippen molar-refractivity contribution >= 4 is 11.9 Å². The number of aliphatic carboxylic acids is 1. The first-order valence-corrected chi connectivity index (χ1v) is 7.53. The van der Waals surface area contributed by atoms with Crippen LogP contribution in [0.2, 0.25) is 0 Å². The lowest BCUT2D eigenvalue weighted by Crippen LogP contribution is -2.43. The smallest absolute Gasteiger partial charge is 0.317 e. The first kappa shape index (κ1) is 18.2. The number of aryl methyl sites for hydroxylation is 2. The van der Waals surface area contributed by atoms with Gasteiger partial charge in [-0.25, -0.2) is 0 Å². The molecule has 22 heavy (non-hydrogen) atoms. The number of rotatable bonds is 7. The Morgan fingerprint density at radius 2 is 1.77 bits per heavy atom. The standard InChI is InChI=1S/C17H26N2O3/c1-11(2)19(10-17(21)22)9-16(20)18-14(5)15-7-6-12(3)13(4)8-15/h6-8,11,14H,9-10H2,1-5H3,(H,18,20)(H,21,22). The average molecular weight is 306 g/mol. The van der Waals surface area contributed by atoms with E-state index in [0.29, 0.717) is 0 Å². The normalized spacial score (nSPS) is 12.5. The SMILES string of the molecule is Cc1ccc(C(C)NC(=O)CN(CC(=O)O)C(C)C)cc1C. The molecule has 1 aromatic carbocycles. The summed E-state index contributed by atoms with van der Waals surface area (Å²) in [4.78, 5) is 24.6. The third kappa shape index (κ3) is 5.48. The summed E-state index contributed by atoms with van der Waals surface area (Å²) in [5.74, 6) is -1.09. The van der Waals surface area contributed by atoms with Gasteiger partial charge < -0.3 is 10.4 Å². The summed E-state index contributed by atoms with van der Waals surface area (Å²) in [6, 6.07) is 6.00. The molecule has 0 saturated heterocycles. The second-order valence-electron chi connectivity index (χ2n) is 6.03. The highest BCUT2D eigenvalue weighted by molar-refractivity contribution is 5.79. The third-order valence-corrected chi connectivity index (χ3v) is 3.82. The van der Waals surface area contributed by atoms with Crippen molar-refractivity contribution in [2.75, 3.05) is 13.1 Å². The lowest BCUT2D eigenvalue weighted by atomic mass is 10.0. The maximum absolute atomic E-state index is 12.1. The van der Waals surface area contributed by atoms with E-state index in [4.69, 9.17) is 5.11 Å². The van der Waals surface area contributed by atoms with Crippen molar-refractivity contribution in [1.82, 2.24) is 10.2 Å². The van der Waals surface area contributed by atoms with Crippen molar-refractivity contribution in [2.45, 2.75) is 46.7 Å². The van der Waals surface area contributed by atoms with Crippen molar-refractivity contribution in [3.63, 3.8) is 0 Å². The zero-order valence-electron chi connectivity index (χ0n) is 14.0. The Hall–Kier alpha value is -1.88. The Balaban J connectivity index is 2.66. The molecule has 1 rings (SSSR count). The molecule has 0 spiro atoms. The lowest BCUT2D eigenvalue weighted by Gasteiger charge is -2.25. The van der Waals surface area contributed by atoms with Crippen LogP contribution >= 0.6 is 0 Å². The molecule has 2 N–H and O–H groups in total. The number of nitrogens with one attached hydrogen (secondary N) is 1. The van der Waals surface area contributed by atoms with Gasteiger partial charge in [0.2, 0.25) is 5.91 Å². The van der Waals surface area contributed by atoms with Gasteiger partial charge in [-0.1, -0.05) is 18.2 Å². The molecule has 0 aromatic heterocycles. The number of carbonyl (C=O) groups excluding carboxylic acids is 1. The van der Waals surface area contributed by atoms with Gasteiger partial charge in [0.25, 0.3) is 0 Å². The molecule has 5 heteroatoms. The number of benzene rings is 1. The van der Waals surface area contributed by atoms with Gasteiger partial charge in [0.1, 0.15) is 0 Å². The fourth-order valence-corrected chi connectivity index (χ4v) is 2.18. The van der Waals surface area contributed by atoms with Crippen LogP contribution in [0.15, 0.2) is 18.2 Å². The molecule has 5 nitrogen and oxygen atoms in total. The molecule has 0 bridgehead atoms. The van der Waals surface area contributed by atoms with Gasteiger partial charge in [0.15, 0.2) is 0 Å². The highest BCUT2D eigenvalue weighted by Crippen LogP contribution is 2.16. The van der Waals surface area contributed by atoms with Crippen LogP contribution in [0.5, 0.6) is 0 Å². The summed E-state index contributed by atoms with van der Waals surface area (Å²) in [5, 5.41) is 11.8. The molecular weight excluding hydrogens is 280 g/mol. The highest BCUT2D eigenvalue weighted by Gasteiger charge is 2.18. The number of carbonyl (C=O) groups is 2. The van der Waals surface area contributed by atoms with Crippen molar-refractivity contribution in [2.24, 2.45) is 0 Å². The van der Waals surface area contributed by atoms with Crippen LogP contribution in [-0.2, 0) is 9.59 Å². The summed E-state index contributed by atoms with van der Waals surface area (Å²) in [6.45, 7) is 9.72. The minimum absolute atomic E-state index is 0.00113. The molecule has 1 amide bonds. The van der Waals surface area contributed by atoms with Crippen molar-refractivity contribution < 1.29 is 14.7 Å². The highest BCUT2D eigenvalue weighted by atomic mass is 16.4. The molecule has 0 radical (unpaired) electrons. The van der Waals surface area contributed by atoms with Gasteiger partial charge in [-0.3, -0.25) is 14.5 Å². The number of nitrogens with zero attached hydrogens (tertiary/aromatic N) is 1. The van der Waals surface area contributed by atoms with E-state index < -0.39 is 5.97 Å². The van der Waals surface area contributed by atoms with Crippen molar-refractivity contribution in [3.8, 4) is 0 Å².